The van der Waals surface area contributed by atoms with E-state index in [4.69, 9.17) is 15.6 Å². The zero-order valence-electron chi connectivity index (χ0n) is 9.39. The van der Waals surface area contributed by atoms with Gasteiger partial charge in [0.05, 0.1) is 12.7 Å². The molecule has 1 aliphatic heterocycles. The van der Waals surface area contributed by atoms with Gasteiger partial charge in [-0.1, -0.05) is 0 Å². The highest BCUT2D eigenvalue weighted by molar-refractivity contribution is 5.90. The number of hydrogen-bond donors (Lipinski definition) is 3. The topological polar surface area (TPSA) is 128 Å². The molecule has 0 saturated carbocycles. The van der Waals surface area contributed by atoms with Gasteiger partial charge in [-0.25, -0.2) is 4.98 Å². The van der Waals surface area contributed by atoms with Crippen molar-refractivity contribution in [3.05, 3.63) is 28.4 Å². The summed E-state index contributed by atoms with van der Waals surface area (Å²) >= 11 is 0. The summed E-state index contributed by atoms with van der Waals surface area (Å²) in [4.78, 5) is 26.5. The fourth-order valence-corrected chi connectivity index (χ4v) is 1.87. The third-order valence-electron chi connectivity index (χ3n) is 2.80. The second kappa shape index (κ2) is 4.84. The number of aliphatic hydroxyl groups excluding tert-OH is 2. The van der Waals surface area contributed by atoms with Gasteiger partial charge in [-0.2, -0.15) is 0 Å². The number of aliphatic hydroxyl groups is 2. The molecule has 1 aromatic heterocycles. The molecule has 0 aliphatic carbocycles. The Morgan fingerprint density at radius 1 is 1.67 bits per heavy atom. The summed E-state index contributed by atoms with van der Waals surface area (Å²) < 4.78 is 6.44. The van der Waals surface area contributed by atoms with E-state index in [1.54, 1.807) is 0 Å². The molecule has 18 heavy (non-hydrogen) atoms. The summed E-state index contributed by atoms with van der Waals surface area (Å²) in [5.41, 5.74) is 3.95. The second-order valence-electron chi connectivity index (χ2n) is 3.97. The van der Waals surface area contributed by atoms with Gasteiger partial charge in [-0.15, -0.1) is 0 Å². The summed E-state index contributed by atoms with van der Waals surface area (Å²) in [5, 5.41) is 18.5. The maximum Gasteiger partial charge on any atom is 0.284 e. The van der Waals surface area contributed by atoms with Crippen molar-refractivity contribution in [3.63, 3.8) is 0 Å². The molecule has 0 radical (unpaired) electrons. The van der Waals surface area contributed by atoms with Crippen LogP contribution in [0.15, 0.2) is 17.2 Å². The van der Waals surface area contributed by atoms with Crippen LogP contribution >= 0.6 is 0 Å². The molecule has 1 unspecified atom stereocenters. The number of carbonyl (C=O) groups excluding carboxylic acids is 1. The number of ether oxygens (including phenoxy) is 1. The Kier molecular flexibility index (Phi) is 3.41. The minimum absolute atomic E-state index is 0.146. The molecule has 0 bridgehead atoms. The van der Waals surface area contributed by atoms with Crippen molar-refractivity contribution in [2.45, 2.75) is 24.9 Å². The summed E-state index contributed by atoms with van der Waals surface area (Å²) in [5.74, 6) is -0.924. The first-order valence-corrected chi connectivity index (χ1v) is 5.36. The number of nitrogens with zero attached hydrogens (tertiary/aromatic N) is 2. The molecule has 1 aromatic rings. The molecular weight excluding hydrogens is 242 g/mol. The van der Waals surface area contributed by atoms with E-state index >= 15 is 0 Å². The molecule has 1 saturated heterocycles. The number of hydrogen-bond acceptors (Lipinski definition) is 6. The SMILES string of the molecule is NC(=O)c1nccn(C2C[C@@H](O)[C@@H](CO)O2)c1=O. The molecule has 8 nitrogen and oxygen atoms in total. The van der Waals surface area contributed by atoms with Gasteiger partial charge in [0.1, 0.15) is 12.3 Å². The van der Waals surface area contributed by atoms with Gasteiger partial charge in [0, 0.05) is 18.8 Å². The molecular formula is C10H13N3O5. The van der Waals surface area contributed by atoms with E-state index < -0.39 is 29.9 Å². The molecule has 0 aromatic carbocycles. The van der Waals surface area contributed by atoms with Crippen LogP contribution in [0.3, 0.4) is 0 Å². The lowest BCUT2D eigenvalue weighted by Gasteiger charge is -2.14. The first-order valence-electron chi connectivity index (χ1n) is 5.36. The predicted molar refractivity (Wildman–Crippen MR) is 58.6 cm³/mol. The summed E-state index contributed by atoms with van der Waals surface area (Å²) in [7, 11) is 0. The van der Waals surface area contributed by atoms with E-state index in [2.05, 4.69) is 4.98 Å². The van der Waals surface area contributed by atoms with Gasteiger partial charge in [0.25, 0.3) is 11.5 Å². The van der Waals surface area contributed by atoms with Gasteiger partial charge in [-0.3, -0.25) is 14.2 Å². The first kappa shape index (κ1) is 12.7. The van der Waals surface area contributed by atoms with E-state index in [1.165, 1.54) is 12.4 Å². The van der Waals surface area contributed by atoms with Crippen LogP contribution in [0.1, 0.15) is 23.1 Å². The number of amides is 1. The molecule has 3 atom stereocenters. The Morgan fingerprint density at radius 3 is 2.94 bits per heavy atom. The zero-order valence-corrected chi connectivity index (χ0v) is 9.39. The van der Waals surface area contributed by atoms with E-state index in [9.17, 15) is 14.7 Å². The number of rotatable bonds is 3. The zero-order chi connectivity index (χ0) is 13.3. The van der Waals surface area contributed by atoms with Crippen LogP contribution < -0.4 is 11.3 Å². The van der Waals surface area contributed by atoms with Crippen molar-refractivity contribution >= 4 is 5.91 Å². The van der Waals surface area contributed by atoms with Gasteiger partial charge < -0.3 is 20.7 Å². The normalized spacial score (nSPS) is 27.3. The lowest BCUT2D eigenvalue weighted by atomic mass is 10.2. The Labute approximate surface area is 102 Å². The fourth-order valence-electron chi connectivity index (χ4n) is 1.87. The van der Waals surface area contributed by atoms with Crippen molar-refractivity contribution < 1.29 is 19.7 Å². The van der Waals surface area contributed by atoms with Crippen molar-refractivity contribution in [2.75, 3.05) is 6.61 Å². The Morgan fingerprint density at radius 2 is 2.39 bits per heavy atom. The summed E-state index contributed by atoms with van der Waals surface area (Å²) in [6, 6.07) is 0. The van der Waals surface area contributed by atoms with Gasteiger partial charge in [0.15, 0.2) is 5.69 Å². The molecule has 0 spiro atoms. The monoisotopic (exact) mass is 255 g/mol. The minimum atomic E-state index is -0.924. The standard InChI is InChI=1S/C10H13N3O5/c11-9(16)8-10(17)13(2-1-12-8)7-3-5(15)6(4-14)18-7/h1-2,5-7,14-15H,3-4H2,(H2,11,16)/t5-,6-,7?/m1/s1. The van der Waals surface area contributed by atoms with Gasteiger partial charge >= 0.3 is 0 Å². The van der Waals surface area contributed by atoms with Crippen LogP contribution in [0.25, 0.3) is 0 Å². The molecule has 4 N–H and O–H groups in total. The maximum atomic E-state index is 11.9. The van der Waals surface area contributed by atoms with Crippen LogP contribution in [0.5, 0.6) is 0 Å². The molecule has 2 rings (SSSR count). The maximum absolute atomic E-state index is 11.9. The average Bonchev–Trinajstić information content (AvgIpc) is 2.70. The first-order chi connectivity index (χ1) is 8.54. The Bertz CT molecular complexity index is 514. The second-order valence-corrected chi connectivity index (χ2v) is 3.97. The number of nitrogens with two attached hydrogens (primary N) is 1. The van der Waals surface area contributed by atoms with Crippen molar-refractivity contribution in [1.29, 1.82) is 0 Å². The van der Waals surface area contributed by atoms with Gasteiger partial charge in [0.2, 0.25) is 0 Å². The summed E-state index contributed by atoms with van der Waals surface area (Å²) in [6.45, 7) is -0.347. The van der Waals surface area contributed by atoms with Crippen LogP contribution in [-0.2, 0) is 4.74 Å². The molecule has 2 heterocycles. The van der Waals surface area contributed by atoms with Crippen molar-refractivity contribution in [3.8, 4) is 0 Å². The van der Waals surface area contributed by atoms with E-state index in [-0.39, 0.29) is 18.7 Å². The Balaban J connectivity index is 2.33. The number of aromatic nitrogens is 2. The third kappa shape index (κ3) is 2.13. The third-order valence-corrected chi connectivity index (χ3v) is 2.80. The highest BCUT2D eigenvalue weighted by atomic mass is 16.5. The van der Waals surface area contributed by atoms with E-state index in [1.807, 2.05) is 0 Å². The molecule has 8 heteroatoms. The lowest BCUT2D eigenvalue weighted by Crippen LogP contribution is -2.33. The number of carbonyl (C=O) groups is 1. The average molecular weight is 255 g/mol. The van der Waals surface area contributed by atoms with Gasteiger partial charge in [-0.05, 0) is 0 Å². The largest absolute Gasteiger partial charge is 0.394 e. The Hall–Kier alpha value is -1.77. The fraction of sp³-hybridized carbons (Fsp3) is 0.500. The van der Waals surface area contributed by atoms with Crippen LogP contribution in [0.2, 0.25) is 0 Å². The molecule has 1 amide bonds. The highest BCUT2D eigenvalue weighted by Crippen LogP contribution is 2.27. The molecule has 1 aliphatic rings. The van der Waals surface area contributed by atoms with Crippen molar-refractivity contribution in [1.82, 2.24) is 9.55 Å². The molecule has 98 valence electrons. The summed E-state index contributed by atoms with van der Waals surface area (Å²) in [6.07, 6.45) is 0.387. The minimum Gasteiger partial charge on any atom is -0.394 e. The quantitative estimate of drug-likeness (QED) is 0.572. The highest BCUT2D eigenvalue weighted by Gasteiger charge is 2.35. The van der Waals surface area contributed by atoms with Crippen molar-refractivity contribution in [2.24, 2.45) is 5.73 Å². The van der Waals surface area contributed by atoms with Crippen LogP contribution in [-0.4, -0.2) is 44.5 Å². The lowest BCUT2D eigenvalue weighted by molar-refractivity contribution is -0.0456. The smallest absolute Gasteiger partial charge is 0.284 e. The van der Waals surface area contributed by atoms with Crippen LogP contribution in [0, 0.1) is 0 Å². The van der Waals surface area contributed by atoms with E-state index in [0.717, 1.165) is 4.57 Å². The molecule has 1 fully saturated rings. The number of primary amides is 1. The van der Waals surface area contributed by atoms with E-state index in [0.29, 0.717) is 0 Å². The van der Waals surface area contributed by atoms with Crippen LogP contribution in [0.4, 0.5) is 0 Å². The predicted octanol–water partition coefficient (Wildman–Crippen LogP) is -2.02.